The Kier molecular flexibility index (Phi) is 23.1. The molecular formula is C50H73N13O10. The van der Waals surface area contributed by atoms with Crippen molar-refractivity contribution in [1.82, 2.24) is 52.1 Å². The first kappa shape index (κ1) is 58.0. The molecule has 0 aliphatic carbocycles. The zero-order valence-electron chi connectivity index (χ0n) is 42.2. The SMILES string of the molecule is CC[C@H](C)[C@H](NC(=O)C[C@H](Cc1ccc(O)cc1)NC(=O)[C@@H](NC(=O)[C@H](CCCN=C(N)N)NC(=O)CNC)C(C)C)C(=O)N[C@@H](Cc1cnc[nH]1)C(=O)N1CCC[C@H]1C(=O)N[C@@H](Cc1ccccc1)C(=O)O. The molecule has 7 amide bonds. The fourth-order valence-corrected chi connectivity index (χ4v) is 8.41. The number of carboxylic acid groups (broad SMARTS) is 1. The van der Waals surface area contributed by atoms with E-state index in [1.807, 2.05) is 6.92 Å². The summed E-state index contributed by atoms with van der Waals surface area (Å²) in [5.74, 6) is -6.56. The first-order valence-corrected chi connectivity index (χ1v) is 24.6. The molecule has 0 saturated carbocycles. The number of likely N-dealkylation sites (tertiary alicyclic amines) is 1. The minimum atomic E-state index is -1.26. The highest BCUT2D eigenvalue weighted by atomic mass is 16.4. The topological polar surface area (TPSA) is 358 Å². The summed E-state index contributed by atoms with van der Waals surface area (Å²) < 4.78 is 0. The van der Waals surface area contributed by atoms with E-state index < -0.39 is 101 Å². The third-order valence-corrected chi connectivity index (χ3v) is 12.5. The van der Waals surface area contributed by atoms with Crippen LogP contribution < -0.4 is 48.7 Å². The van der Waals surface area contributed by atoms with Crippen molar-refractivity contribution < 1.29 is 48.6 Å². The first-order chi connectivity index (χ1) is 34.8. The van der Waals surface area contributed by atoms with Gasteiger partial charge in [0.15, 0.2) is 5.96 Å². The van der Waals surface area contributed by atoms with Gasteiger partial charge in [-0.25, -0.2) is 9.78 Å². The number of aromatic amines is 1. The Labute approximate surface area is 425 Å². The monoisotopic (exact) mass is 1020 g/mol. The number of amides is 7. The van der Waals surface area contributed by atoms with Crippen molar-refractivity contribution in [3.8, 4) is 5.75 Å². The molecule has 3 aromatic rings. The van der Waals surface area contributed by atoms with Crippen molar-refractivity contribution in [3.05, 3.63) is 83.9 Å². The quantitative estimate of drug-likeness (QED) is 0.0237. The fraction of sp³-hybridized carbons (Fsp3) is 0.520. The molecule has 2 aromatic carbocycles. The van der Waals surface area contributed by atoms with Gasteiger partial charge in [-0.2, -0.15) is 0 Å². The van der Waals surface area contributed by atoms with Crippen LogP contribution in [0.5, 0.6) is 5.75 Å². The molecule has 23 nitrogen and oxygen atoms in total. The lowest BCUT2D eigenvalue weighted by molar-refractivity contribution is -0.145. The number of benzene rings is 2. The summed E-state index contributed by atoms with van der Waals surface area (Å²) >= 11 is 0. The van der Waals surface area contributed by atoms with Crippen LogP contribution in [-0.2, 0) is 57.6 Å². The maximum absolute atomic E-state index is 14.5. The minimum Gasteiger partial charge on any atom is -0.508 e. The molecule has 0 radical (unpaired) electrons. The minimum absolute atomic E-state index is 0.000209. The number of carboxylic acids is 1. The van der Waals surface area contributed by atoms with E-state index in [1.165, 1.54) is 29.6 Å². The van der Waals surface area contributed by atoms with Crippen LogP contribution in [0.3, 0.4) is 0 Å². The Morgan fingerprint density at radius 3 is 2.10 bits per heavy atom. The maximum atomic E-state index is 14.5. The van der Waals surface area contributed by atoms with Gasteiger partial charge in [0.2, 0.25) is 41.4 Å². The van der Waals surface area contributed by atoms with E-state index in [0.29, 0.717) is 36.1 Å². The number of nitrogens with two attached hydrogens (primary N) is 2. The first-order valence-electron chi connectivity index (χ1n) is 24.6. The molecule has 0 unspecified atom stereocenters. The highest BCUT2D eigenvalue weighted by molar-refractivity contribution is 5.96. The van der Waals surface area contributed by atoms with Gasteiger partial charge in [-0.1, -0.05) is 76.6 Å². The summed E-state index contributed by atoms with van der Waals surface area (Å²) in [5.41, 5.74) is 12.7. The van der Waals surface area contributed by atoms with E-state index in [2.05, 4.69) is 52.2 Å². The molecule has 1 aliphatic rings. The number of nitrogens with zero attached hydrogens (tertiary/aromatic N) is 3. The molecule has 398 valence electrons. The van der Waals surface area contributed by atoms with Gasteiger partial charge in [-0.15, -0.1) is 0 Å². The average molecular weight is 1020 g/mol. The van der Waals surface area contributed by atoms with Crippen LogP contribution in [0.4, 0.5) is 0 Å². The van der Waals surface area contributed by atoms with E-state index in [4.69, 9.17) is 11.5 Å². The van der Waals surface area contributed by atoms with E-state index in [-0.39, 0.29) is 69.9 Å². The van der Waals surface area contributed by atoms with Crippen LogP contribution in [0.1, 0.15) is 83.0 Å². The second-order valence-electron chi connectivity index (χ2n) is 18.7. The third-order valence-electron chi connectivity index (χ3n) is 12.5. The number of nitrogens with one attached hydrogen (secondary N) is 8. The number of H-pyrrole nitrogens is 1. The smallest absolute Gasteiger partial charge is 0.326 e. The number of aromatic hydroxyl groups is 1. The Balaban J connectivity index is 1.54. The second kappa shape index (κ2) is 29.1. The molecule has 1 aliphatic heterocycles. The van der Waals surface area contributed by atoms with Crippen molar-refractivity contribution >= 4 is 53.3 Å². The number of phenols is 1. The molecule has 23 heteroatoms. The van der Waals surface area contributed by atoms with Crippen LogP contribution >= 0.6 is 0 Å². The molecule has 1 aromatic heterocycles. The van der Waals surface area contributed by atoms with Crippen LogP contribution in [0, 0.1) is 11.8 Å². The van der Waals surface area contributed by atoms with Gasteiger partial charge in [0.25, 0.3) is 0 Å². The Morgan fingerprint density at radius 1 is 0.795 bits per heavy atom. The van der Waals surface area contributed by atoms with Crippen molar-refractivity contribution in [2.75, 3.05) is 26.7 Å². The van der Waals surface area contributed by atoms with E-state index >= 15 is 0 Å². The molecule has 1 saturated heterocycles. The average Bonchev–Trinajstić information content (AvgIpc) is 4.07. The van der Waals surface area contributed by atoms with Gasteiger partial charge in [0, 0.05) is 50.3 Å². The zero-order chi connectivity index (χ0) is 53.6. The predicted octanol–water partition coefficient (Wildman–Crippen LogP) is -0.507. The number of aliphatic imine (C=N–C) groups is 1. The number of aliphatic carboxylic acids is 1. The van der Waals surface area contributed by atoms with Gasteiger partial charge in [-0.3, -0.25) is 38.6 Å². The number of hydrogen-bond donors (Lipinski definition) is 12. The van der Waals surface area contributed by atoms with Gasteiger partial charge < -0.3 is 68.8 Å². The zero-order valence-corrected chi connectivity index (χ0v) is 42.2. The van der Waals surface area contributed by atoms with Crippen LogP contribution in [-0.4, -0.2) is 147 Å². The number of rotatable bonds is 29. The number of guanidine groups is 1. The van der Waals surface area contributed by atoms with E-state index in [9.17, 15) is 48.6 Å². The number of likely N-dealkylation sites (N-methyl/N-ethyl adjacent to an activating group) is 1. The summed E-state index contributed by atoms with van der Waals surface area (Å²) in [6, 6.07) is 7.20. The van der Waals surface area contributed by atoms with Crippen molar-refractivity contribution in [3.63, 3.8) is 0 Å². The highest BCUT2D eigenvalue weighted by Gasteiger charge is 2.40. The van der Waals surface area contributed by atoms with Gasteiger partial charge in [0.05, 0.1) is 12.9 Å². The molecule has 0 bridgehead atoms. The van der Waals surface area contributed by atoms with Crippen LogP contribution in [0.25, 0.3) is 0 Å². The molecule has 2 heterocycles. The summed E-state index contributed by atoms with van der Waals surface area (Å²) in [7, 11) is 1.58. The van der Waals surface area contributed by atoms with Gasteiger partial charge in [-0.05, 0) is 74.2 Å². The summed E-state index contributed by atoms with van der Waals surface area (Å²) in [6.45, 7) is 7.32. The summed E-state index contributed by atoms with van der Waals surface area (Å²) in [5, 5.41) is 39.3. The molecule has 4 rings (SSSR count). The van der Waals surface area contributed by atoms with Crippen LogP contribution in [0.2, 0.25) is 0 Å². The highest BCUT2D eigenvalue weighted by Crippen LogP contribution is 2.21. The van der Waals surface area contributed by atoms with E-state index in [1.54, 1.807) is 70.3 Å². The van der Waals surface area contributed by atoms with Crippen LogP contribution in [0.15, 0.2) is 72.1 Å². The fourth-order valence-electron chi connectivity index (χ4n) is 8.41. The Bertz CT molecular complexity index is 2330. The molecule has 1 fully saturated rings. The summed E-state index contributed by atoms with van der Waals surface area (Å²) in [4.78, 5) is 122. The third kappa shape index (κ3) is 18.9. The molecule has 73 heavy (non-hydrogen) atoms. The number of imidazole rings is 1. The Hall–Kier alpha value is -7.56. The van der Waals surface area contributed by atoms with Gasteiger partial charge in [0.1, 0.15) is 42.0 Å². The van der Waals surface area contributed by atoms with Crippen molar-refractivity contribution in [2.24, 2.45) is 28.3 Å². The standard InChI is InChI=1S/C50H73N13O10/c1-6-30(4)43(47(70)59-37(24-34-26-54-28-56-34)48(71)63-21-11-15-39(63)45(68)60-38(49(72)73)23-31-12-8-7-9-13-31)61-40(65)25-33(22-32-16-18-35(64)19-17-32)57-46(69)42(29(2)3)62-44(67)36(58-41(66)27-53-5)14-10-20-55-50(51)52/h7-9,12-13,16-19,26,28-30,33,36-39,42-43,53,64H,6,10-11,14-15,20-25,27H2,1-5H3,(H,54,56)(H,57,69)(H,58,66)(H,59,70)(H,60,68)(H,61,65)(H,62,67)(H,72,73)(H4,51,52,55)/t30-,33-,36-,37-,38-,39-,42-,43-/m0/s1. The summed E-state index contributed by atoms with van der Waals surface area (Å²) in [6.07, 6.45) is 4.23. The Morgan fingerprint density at radius 2 is 1.48 bits per heavy atom. The van der Waals surface area contributed by atoms with Gasteiger partial charge >= 0.3 is 5.97 Å². The van der Waals surface area contributed by atoms with E-state index in [0.717, 1.165) is 0 Å². The lowest BCUT2D eigenvalue weighted by Crippen LogP contribution is -2.59. The largest absolute Gasteiger partial charge is 0.508 e. The van der Waals surface area contributed by atoms with Crippen molar-refractivity contribution in [1.29, 1.82) is 0 Å². The molecule has 8 atom stereocenters. The normalized spacial score (nSPS) is 16.1. The lowest BCUT2D eigenvalue weighted by atomic mass is 9.96. The molecular weight excluding hydrogens is 943 g/mol. The second-order valence-corrected chi connectivity index (χ2v) is 18.7. The number of aromatic nitrogens is 2. The number of hydrogen-bond acceptors (Lipinski definition) is 12. The molecule has 14 N–H and O–H groups in total. The predicted molar refractivity (Wildman–Crippen MR) is 271 cm³/mol. The molecule has 0 spiro atoms. The van der Waals surface area contributed by atoms with Crippen molar-refractivity contribution in [2.45, 2.75) is 128 Å². The lowest BCUT2D eigenvalue weighted by Gasteiger charge is -2.31. The number of phenolic OH excluding ortho intramolecular Hbond substituents is 1. The maximum Gasteiger partial charge on any atom is 0.326 e. The number of carbonyl (C=O) groups is 8. The number of carbonyl (C=O) groups excluding carboxylic acids is 7.